The lowest BCUT2D eigenvalue weighted by Crippen LogP contribution is -2.47. The molecular weight excluding hydrogens is 210 g/mol. The predicted molar refractivity (Wildman–Crippen MR) is 53.7 cm³/mol. The van der Waals surface area contributed by atoms with Crippen molar-refractivity contribution in [1.29, 1.82) is 0 Å². The zero-order valence-corrected chi connectivity index (χ0v) is 8.47. The maximum absolute atomic E-state index is 11.5. The highest BCUT2D eigenvalue weighted by atomic mass is 16.5. The van der Waals surface area contributed by atoms with Crippen LogP contribution in [0.4, 0.5) is 0 Å². The highest BCUT2D eigenvalue weighted by Crippen LogP contribution is 2.28. The Hall–Kier alpha value is -2.11. The van der Waals surface area contributed by atoms with Gasteiger partial charge in [-0.15, -0.1) is 0 Å². The van der Waals surface area contributed by atoms with Crippen LogP contribution in [0.15, 0.2) is 24.4 Å². The first-order valence-corrected chi connectivity index (χ1v) is 4.97. The van der Waals surface area contributed by atoms with Crippen molar-refractivity contribution in [2.24, 2.45) is 5.92 Å². The summed E-state index contributed by atoms with van der Waals surface area (Å²) in [6.07, 6.45) is 2.93. The van der Waals surface area contributed by atoms with Crippen LogP contribution in [0.3, 0.4) is 0 Å². The van der Waals surface area contributed by atoms with E-state index in [1.807, 2.05) is 0 Å². The average Bonchev–Trinajstić information content (AvgIpc) is 3.10. The molecule has 84 valence electrons. The number of hydrogen-bond acceptors (Lipinski definition) is 3. The molecule has 1 aliphatic carbocycles. The molecular formula is C10H11N3O3. The van der Waals surface area contributed by atoms with Crippen molar-refractivity contribution < 1.29 is 14.3 Å². The molecule has 2 amide bonds. The molecule has 16 heavy (non-hydrogen) atoms. The molecule has 6 nitrogen and oxygen atoms in total. The van der Waals surface area contributed by atoms with E-state index in [0.717, 1.165) is 12.8 Å². The predicted octanol–water partition coefficient (Wildman–Crippen LogP) is -0.509. The molecule has 2 N–H and O–H groups in total. The molecule has 1 aromatic rings. The minimum Gasteiger partial charge on any atom is -0.618 e. The Balaban J connectivity index is 1.92. The van der Waals surface area contributed by atoms with E-state index in [1.165, 1.54) is 18.3 Å². The van der Waals surface area contributed by atoms with Crippen molar-refractivity contribution in [3.63, 3.8) is 0 Å². The molecule has 2 rings (SSSR count). The van der Waals surface area contributed by atoms with Gasteiger partial charge in [0.15, 0.2) is 6.20 Å². The van der Waals surface area contributed by atoms with Crippen molar-refractivity contribution in [2.75, 3.05) is 0 Å². The third-order valence-electron chi connectivity index (χ3n) is 2.30. The fraction of sp³-hybridized carbons (Fsp3) is 0.300. The normalized spacial score (nSPS) is 14.2. The Morgan fingerprint density at radius 3 is 2.69 bits per heavy atom. The maximum Gasteiger partial charge on any atom is 0.335 e. The second-order valence-corrected chi connectivity index (χ2v) is 3.63. The van der Waals surface area contributed by atoms with Crippen molar-refractivity contribution in [2.45, 2.75) is 12.8 Å². The Bertz CT molecular complexity index is 429. The molecule has 0 unspecified atom stereocenters. The van der Waals surface area contributed by atoms with Crippen LogP contribution in [0.25, 0.3) is 0 Å². The van der Waals surface area contributed by atoms with Crippen molar-refractivity contribution >= 4 is 11.8 Å². The third kappa shape index (κ3) is 2.28. The Labute approximate surface area is 91.8 Å². The van der Waals surface area contributed by atoms with Gasteiger partial charge in [0.2, 0.25) is 5.91 Å². The molecule has 0 saturated heterocycles. The number of carbonyl (C=O) groups excluding carboxylic acids is 2. The van der Waals surface area contributed by atoms with E-state index < -0.39 is 5.91 Å². The van der Waals surface area contributed by atoms with E-state index in [0.29, 0.717) is 4.73 Å². The van der Waals surface area contributed by atoms with Gasteiger partial charge in [-0.05, 0) is 18.9 Å². The fourth-order valence-electron chi connectivity index (χ4n) is 1.23. The lowest BCUT2D eigenvalue weighted by molar-refractivity contribution is -0.607. The number of hydrogen-bond donors (Lipinski definition) is 2. The number of aromatic nitrogens is 1. The minimum absolute atomic E-state index is 0.00967. The summed E-state index contributed by atoms with van der Waals surface area (Å²) < 4.78 is 0.443. The first-order valence-electron chi connectivity index (χ1n) is 4.97. The van der Waals surface area contributed by atoms with Crippen LogP contribution >= 0.6 is 0 Å². The topological polar surface area (TPSA) is 85.1 Å². The van der Waals surface area contributed by atoms with Crippen LogP contribution in [0, 0.1) is 11.1 Å². The lowest BCUT2D eigenvalue weighted by atomic mass is 10.3. The number of carbonyl (C=O) groups is 2. The summed E-state index contributed by atoms with van der Waals surface area (Å²) in [5.74, 6) is -0.818. The fourth-order valence-corrected chi connectivity index (χ4v) is 1.23. The summed E-state index contributed by atoms with van der Waals surface area (Å²) in [6, 6.07) is 4.48. The minimum atomic E-state index is -0.621. The monoisotopic (exact) mass is 221 g/mol. The third-order valence-corrected chi connectivity index (χ3v) is 2.30. The van der Waals surface area contributed by atoms with E-state index in [4.69, 9.17) is 0 Å². The summed E-state index contributed by atoms with van der Waals surface area (Å²) in [5.41, 5.74) is 4.42. The first kappa shape index (κ1) is 10.4. The number of hydrazine groups is 1. The Morgan fingerprint density at radius 2 is 2.06 bits per heavy atom. The Kier molecular flexibility index (Phi) is 2.72. The number of nitrogens with zero attached hydrogens (tertiary/aromatic N) is 1. The van der Waals surface area contributed by atoms with Gasteiger partial charge in [-0.1, -0.05) is 0 Å². The summed E-state index contributed by atoms with van der Waals surface area (Å²) in [5, 5.41) is 11.2. The van der Waals surface area contributed by atoms with Crippen LogP contribution in [0.2, 0.25) is 0 Å². The molecule has 1 saturated carbocycles. The van der Waals surface area contributed by atoms with Gasteiger partial charge in [0, 0.05) is 18.1 Å². The summed E-state index contributed by atoms with van der Waals surface area (Å²) in [4.78, 5) is 22.7. The molecule has 1 fully saturated rings. The Morgan fingerprint density at radius 1 is 1.31 bits per heavy atom. The van der Waals surface area contributed by atoms with Crippen molar-refractivity contribution in [1.82, 2.24) is 10.9 Å². The molecule has 0 atom stereocenters. The van der Waals surface area contributed by atoms with Gasteiger partial charge in [0.1, 0.15) is 0 Å². The van der Waals surface area contributed by atoms with Gasteiger partial charge in [-0.25, -0.2) is 0 Å². The standard InChI is InChI=1S/C10H11N3O3/c14-9(7-4-5-7)11-12-10(15)8-3-1-2-6-13(8)16/h1-3,6-7H,4-5H2,(H,11,14)(H,12,15). The average molecular weight is 221 g/mol. The van der Waals surface area contributed by atoms with Gasteiger partial charge in [0.05, 0.1) is 0 Å². The van der Waals surface area contributed by atoms with E-state index in [1.54, 1.807) is 6.07 Å². The molecule has 1 aliphatic rings. The molecule has 0 aliphatic heterocycles. The zero-order valence-electron chi connectivity index (χ0n) is 8.47. The largest absolute Gasteiger partial charge is 0.618 e. The summed E-state index contributed by atoms with van der Waals surface area (Å²) in [7, 11) is 0. The highest BCUT2D eigenvalue weighted by Gasteiger charge is 2.30. The van der Waals surface area contributed by atoms with Gasteiger partial charge >= 0.3 is 5.91 Å². The molecule has 0 radical (unpaired) electrons. The molecule has 0 aromatic carbocycles. The zero-order chi connectivity index (χ0) is 11.5. The van der Waals surface area contributed by atoms with Crippen molar-refractivity contribution in [3.05, 3.63) is 35.3 Å². The number of amides is 2. The van der Waals surface area contributed by atoms with Gasteiger partial charge in [0.25, 0.3) is 5.69 Å². The van der Waals surface area contributed by atoms with E-state index >= 15 is 0 Å². The smallest absolute Gasteiger partial charge is 0.335 e. The first-order chi connectivity index (χ1) is 7.68. The van der Waals surface area contributed by atoms with Crippen molar-refractivity contribution in [3.8, 4) is 0 Å². The quantitative estimate of drug-likeness (QED) is 0.400. The van der Waals surface area contributed by atoms with Crippen LogP contribution < -0.4 is 15.6 Å². The van der Waals surface area contributed by atoms with Crippen LogP contribution in [0.5, 0.6) is 0 Å². The van der Waals surface area contributed by atoms with E-state index in [9.17, 15) is 14.8 Å². The number of rotatable bonds is 2. The van der Waals surface area contributed by atoms with Crippen LogP contribution in [-0.4, -0.2) is 11.8 Å². The SMILES string of the molecule is O=C(NNC(=O)C1CC1)c1cccc[n+]1[O-]. The molecule has 0 spiro atoms. The summed E-state index contributed by atoms with van der Waals surface area (Å²) >= 11 is 0. The maximum atomic E-state index is 11.5. The van der Waals surface area contributed by atoms with E-state index in [2.05, 4.69) is 10.9 Å². The van der Waals surface area contributed by atoms with Crippen LogP contribution in [0.1, 0.15) is 23.3 Å². The second kappa shape index (κ2) is 4.18. The molecule has 1 heterocycles. The van der Waals surface area contributed by atoms with E-state index in [-0.39, 0.29) is 17.5 Å². The van der Waals surface area contributed by atoms with Crippen LogP contribution in [-0.2, 0) is 4.79 Å². The highest BCUT2D eigenvalue weighted by molar-refractivity contribution is 5.92. The molecule has 1 aromatic heterocycles. The van der Waals surface area contributed by atoms with Gasteiger partial charge in [-0.2, -0.15) is 4.73 Å². The number of nitrogens with one attached hydrogen (secondary N) is 2. The van der Waals surface area contributed by atoms with Gasteiger partial charge in [-0.3, -0.25) is 20.4 Å². The second-order valence-electron chi connectivity index (χ2n) is 3.63. The molecule has 6 heteroatoms. The van der Waals surface area contributed by atoms with Gasteiger partial charge < -0.3 is 5.21 Å². The summed E-state index contributed by atoms with van der Waals surface area (Å²) in [6.45, 7) is 0. The number of pyridine rings is 1. The molecule has 0 bridgehead atoms. The lowest BCUT2D eigenvalue weighted by Gasteiger charge is -2.06.